The van der Waals surface area contributed by atoms with Gasteiger partial charge in [-0.1, -0.05) is 19.1 Å². The normalized spacial score (nSPS) is 23.7. The van der Waals surface area contributed by atoms with Crippen molar-refractivity contribution in [3.05, 3.63) is 29.8 Å². The maximum atomic E-state index is 12.1. The second-order valence-corrected chi connectivity index (χ2v) is 6.55. The van der Waals surface area contributed by atoms with Crippen LogP contribution in [0.5, 0.6) is 0 Å². The van der Waals surface area contributed by atoms with Crippen LogP contribution in [0.4, 0.5) is 0 Å². The van der Waals surface area contributed by atoms with Crippen LogP contribution < -0.4 is 4.72 Å². The molecule has 0 radical (unpaired) electrons. The van der Waals surface area contributed by atoms with Gasteiger partial charge in [0, 0.05) is 12.6 Å². The van der Waals surface area contributed by atoms with Gasteiger partial charge < -0.3 is 5.11 Å². The Balaban J connectivity index is 2.06. The second-order valence-electron chi connectivity index (χ2n) is 4.84. The van der Waals surface area contributed by atoms with Gasteiger partial charge in [-0.3, -0.25) is 0 Å². The molecule has 0 bridgehead atoms. The van der Waals surface area contributed by atoms with Crippen LogP contribution in [0.15, 0.2) is 29.2 Å². The summed E-state index contributed by atoms with van der Waals surface area (Å²) in [5.74, 6) is 0.250. The van der Waals surface area contributed by atoms with E-state index in [4.69, 9.17) is 5.11 Å². The van der Waals surface area contributed by atoms with E-state index in [1.54, 1.807) is 18.2 Å². The molecule has 18 heavy (non-hydrogen) atoms. The third-order valence-electron chi connectivity index (χ3n) is 3.43. The van der Waals surface area contributed by atoms with Gasteiger partial charge >= 0.3 is 0 Å². The van der Waals surface area contributed by atoms with Gasteiger partial charge in [-0.05, 0) is 42.9 Å². The average molecular weight is 269 g/mol. The minimum atomic E-state index is -3.42. The van der Waals surface area contributed by atoms with Crippen molar-refractivity contribution in [2.45, 2.75) is 37.1 Å². The first kappa shape index (κ1) is 13.5. The topological polar surface area (TPSA) is 66.4 Å². The molecule has 0 unspecified atom stereocenters. The second kappa shape index (κ2) is 5.38. The summed E-state index contributed by atoms with van der Waals surface area (Å²) in [6.07, 6.45) is 2.27. The quantitative estimate of drug-likeness (QED) is 0.846. The van der Waals surface area contributed by atoms with E-state index in [1.165, 1.54) is 0 Å². The van der Waals surface area contributed by atoms with Crippen molar-refractivity contribution in [2.75, 3.05) is 6.61 Å². The number of aryl methyl sites for hydroxylation is 1. The lowest BCUT2D eigenvalue weighted by Gasteiger charge is -2.34. The minimum Gasteiger partial charge on any atom is -0.396 e. The molecular weight excluding hydrogens is 250 g/mol. The zero-order chi connectivity index (χ0) is 13.2. The molecule has 1 aromatic rings. The molecule has 0 heterocycles. The molecule has 0 aliphatic heterocycles. The van der Waals surface area contributed by atoms with E-state index < -0.39 is 10.0 Å². The highest BCUT2D eigenvalue weighted by molar-refractivity contribution is 7.89. The number of aliphatic hydroxyl groups is 1. The predicted molar refractivity (Wildman–Crippen MR) is 69.7 cm³/mol. The molecule has 4 nitrogen and oxygen atoms in total. The van der Waals surface area contributed by atoms with Crippen molar-refractivity contribution in [3.63, 3.8) is 0 Å². The molecule has 5 heteroatoms. The van der Waals surface area contributed by atoms with Crippen LogP contribution in [-0.2, 0) is 16.4 Å². The molecule has 1 aliphatic rings. The molecule has 2 rings (SSSR count). The first-order valence-corrected chi connectivity index (χ1v) is 7.75. The number of nitrogens with one attached hydrogen (secondary N) is 1. The van der Waals surface area contributed by atoms with Gasteiger partial charge in [-0.2, -0.15) is 0 Å². The zero-order valence-electron chi connectivity index (χ0n) is 10.5. The minimum absolute atomic E-state index is 0.0302. The lowest BCUT2D eigenvalue weighted by Crippen LogP contribution is -2.45. The maximum Gasteiger partial charge on any atom is 0.240 e. The fourth-order valence-corrected chi connectivity index (χ4v) is 3.53. The molecule has 1 aromatic carbocycles. The van der Waals surface area contributed by atoms with E-state index in [9.17, 15) is 8.42 Å². The largest absolute Gasteiger partial charge is 0.396 e. The van der Waals surface area contributed by atoms with Crippen LogP contribution in [-0.4, -0.2) is 26.2 Å². The summed E-state index contributed by atoms with van der Waals surface area (Å²) in [5, 5.41) is 8.91. The summed E-state index contributed by atoms with van der Waals surface area (Å²) in [4.78, 5) is 0.328. The fourth-order valence-electron chi connectivity index (χ4n) is 2.20. The zero-order valence-corrected chi connectivity index (χ0v) is 11.3. The van der Waals surface area contributed by atoms with E-state index in [0.29, 0.717) is 4.90 Å². The van der Waals surface area contributed by atoms with Crippen molar-refractivity contribution >= 4 is 10.0 Å². The summed E-state index contributed by atoms with van der Waals surface area (Å²) in [5.41, 5.74) is 1.01. The van der Waals surface area contributed by atoms with E-state index in [0.717, 1.165) is 24.8 Å². The third kappa shape index (κ3) is 2.91. The van der Waals surface area contributed by atoms with Gasteiger partial charge in [0.2, 0.25) is 10.0 Å². The molecule has 0 saturated heterocycles. The van der Waals surface area contributed by atoms with Crippen LogP contribution in [0.3, 0.4) is 0 Å². The smallest absolute Gasteiger partial charge is 0.240 e. The van der Waals surface area contributed by atoms with Gasteiger partial charge in [0.1, 0.15) is 0 Å². The summed E-state index contributed by atoms with van der Waals surface area (Å²) < 4.78 is 26.9. The van der Waals surface area contributed by atoms with E-state index in [2.05, 4.69) is 4.72 Å². The lowest BCUT2D eigenvalue weighted by atomic mass is 9.82. The number of benzene rings is 1. The van der Waals surface area contributed by atoms with E-state index >= 15 is 0 Å². The highest BCUT2D eigenvalue weighted by atomic mass is 32.2. The Morgan fingerprint density at radius 3 is 2.72 bits per heavy atom. The summed E-state index contributed by atoms with van der Waals surface area (Å²) >= 11 is 0. The molecule has 0 aromatic heterocycles. The number of rotatable bonds is 5. The Morgan fingerprint density at radius 2 is 2.11 bits per heavy atom. The lowest BCUT2D eigenvalue weighted by molar-refractivity contribution is 0.137. The van der Waals surface area contributed by atoms with Crippen LogP contribution in [0.25, 0.3) is 0 Å². The molecule has 1 saturated carbocycles. The highest BCUT2D eigenvalue weighted by Crippen LogP contribution is 2.28. The summed E-state index contributed by atoms with van der Waals surface area (Å²) in [6.45, 7) is 2.14. The first-order valence-electron chi connectivity index (χ1n) is 6.27. The molecule has 2 N–H and O–H groups in total. The summed E-state index contributed by atoms with van der Waals surface area (Å²) in [7, 11) is -3.42. The Hall–Kier alpha value is -0.910. The Kier molecular flexibility index (Phi) is 4.04. The Labute approximate surface area is 108 Å². The van der Waals surface area contributed by atoms with Gasteiger partial charge in [0.25, 0.3) is 0 Å². The summed E-state index contributed by atoms with van der Waals surface area (Å²) in [6, 6.07) is 6.99. The number of sulfonamides is 1. The monoisotopic (exact) mass is 269 g/mol. The Bertz CT molecular complexity index is 507. The molecule has 1 aliphatic carbocycles. The van der Waals surface area contributed by atoms with Gasteiger partial charge in [-0.25, -0.2) is 13.1 Å². The Morgan fingerprint density at radius 1 is 1.39 bits per heavy atom. The maximum absolute atomic E-state index is 12.1. The van der Waals surface area contributed by atoms with Crippen molar-refractivity contribution < 1.29 is 13.5 Å². The van der Waals surface area contributed by atoms with Crippen LogP contribution in [0.1, 0.15) is 25.3 Å². The van der Waals surface area contributed by atoms with E-state index in [1.807, 2.05) is 13.0 Å². The molecular formula is C13H19NO3S. The fraction of sp³-hybridized carbons (Fsp3) is 0.538. The molecule has 0 amide bonds. The first-order chi connectivity index (χ1) is 8.55. The van der Waals surface area contributed by atoms with Gasteiger partial charge in [0.15, 0.2) is 0 Å². The highest BCUT2D eigenvalue weighted by Gasteiger charge is 2.32. The van der Waals surface area contributed by atoms with Crippen molar-refractivity contribution in [1.82, 2.24) is 4.72 Å². The van der Waals surface area contributed by atoms with Crippen LogP contribution in [0, 0.1) is 5.92 Å². The molecule has 1 fully saturated rings. The standard InChI is InChI=1S/C13H19NO3S/c1-2-10-4-3-5-13(8-10)18(16,17)14-12-6-11(7-12)9-15/h3-5,8,11-12,14-15H,2,6-7,9H2,1H3. The third-order valence-corrected chi connectivity index (χ3v) is 4.95. The van der Waals surface area contributed by atoms with Gasteiger partial charge in [-0.15, -0.1) is 0 Å². The van der Waals surface area contributed by atoms with Crippen molar-refractivity contribution in [3.8, 4) is 0 Å². The molecule has 0 spiro atoms. The number of hydrogen-bond acceptors (Lipinski definition) is 3. The van der Waals surface area contributed by atoms with E-state index in [-0.39, 0.29) is 18.6 Å². The van der Waals surface area contributed by atoms with Crippen LogP contribution in [0.2, 0.25) is 0 Å². The van der Waals surface area contributed by atoms with Crippen LogP contribution >= 0.6 is 0 Å². The SMILES string of the molecule is CCc1cccc(S(=O)(=O)NC2CC(CO)C2)c1. The predicted octanol–water partition coefficient (Wildman–Crippen LogP) is 1.30. The average Bonchev–Trinajstić information content (AvgIpc) is 2.33. The molecule has 100 valence electrons. The number of hydrogen-bond donors (Lipinski definition) is 2. The van der Waals surface area contributed by atoms with Gasteiger partial charge in [0.05, 0.1) is 4.90 Å². The number of aliphatic hydroxyl groups excluding tert-OH is 1. The molecule has 0 atom stereocenters. The van der Waals surface area contributed by atoms with Crippen molar-refractivity contribution in [2.24, 2.45) is 5.92 Å². The van der Waals surface area contributed by atoms with Crippen molar-refractivity contribution in [1.29, 1.82) is 0 Å².